The smallest absolute Gasteiger partial charge is 0.357 e. The lowest BCUT2D eigenvalue weighted by atomic mass is 9.87. The van der Waals surface area contributed by atoms with Gasteiger partial charge in [-0.15, -0.1) is 0 Å². The van der Waals surface area contributed by atoms with E-state index in [-0.39, 0.29) is 17.9 Å². The van der Waals surface area contributed by atoms with Crippen LogP contribution in [0.25, 0.3) is 0 Å². The third kappa shape index (κ3) is 4.56. The molecule has 124 valence electrons. The van der Waals surface area contributed by atoms with Crippen LogP contribution in [0.2, 0.25) is 5.02 Å². The fourth-order valence-electron chi connectivity index (χ4n) is 1.97. The van der Waals surface area contributed by atoms with Gasteiger partial charge in [-0.25, -0.2) is 9.59 Å². The van der Waals surface area contributed by atoms with E-state index in [1.54, 1.807) is 31.2 Å². The molecule has 1 aromatic rings. The molecule has 0 aromatic heterocycles. The summed E-state index contributed by atoms with van der Waals surface area (Å²) in [4.78, 5) is 28.8. The Labute approximate surface area is 139 Å². The molecule has 0 fully saturated rings. The zero-order valence-corrected chi connectivity index (χ0v) is 13.9. The number of methoxy groups -OCH3 is 1. The van der Waals surface area contributed by atoms with E-state index < -0.39 is 17.9 Å². The molecule has 0 aliphatic rings. The monoisotopic (exact) mass is 339 g/mol. The van der Waals surface area contributed by atoms with Gasteiger partial charge < -0.3 is 14.3 Å². The summed E-state index contributed by atoms with van der Waals surface area (Å²) < 4.78 is 9.67. The van der Waals surface area contributed by atoms with Crippen LogP contribution >= 0.6 is 11.6 Å². The molecule has 0 N–H and O–H groups in total. The van der Waals surface area contributed by atoms with Gasteiger partial charge in [-0.05, 0) is 18.6 Å². The van der Waals surface area contributed by atoms with Crippen molar-refractivity contribution in [1.29, 1.82) is 0 Å². The van der Waals surface area contributed by atoms with Crippen LogP contribution in [-0.4, -0.2) is 38.5 Å². The maximum atomic E-state index is 12.2. The SMILES string of the molecule is C=C(C(=O)OC)C(/C(=N/OC)C(=O)OCC)c1ccccc1Cl. The topological polar surface area (TPSA) is 74.2 Å². The van der Waals surface area contributed by atoms with Gasteiger partial charge in [-0.3, -0.25) is 0 Å². The minimum absolute atomic E-state index is 0.00977. The van der Waals surface area contributed by atoms with E-state index in [4.69, 9.17) is 25.9 Å². The minimum Gasteiger partial charge on any atom is -0.466 e. The van der Waals surface area contributed by atoms with Crippen LogP contribution in [0.15, 0.2) is 41.6 Å². The average molecular weight is 340 g/mol. The second kappa shape index (κ2) is 8.95. The highest BCUT2D eigenvalue weighted by Gasteiger charge is 2.34. The lowest BCUT2D eigenvalue weighted by Gasteiger charge is -2.20. The second-order valence-corrected chi connectivity index (χ2v) is 4.76. The van der Waals surface area contributed by atoms with Crippen molar-refractivity contribution in [2.75, 3.05) is 20.8 Å². The molecule has 0 radical (unpaired) electrons. The van der Waals surface area contributed by atoms with Crippen molar-refractivity contribution in [3.05, 3.63) is 47.0 Å². The summed E-state index contributed by atoms with van der Waals surface area (Å²) in [6, 6.07) is 6.73. The number of hydrogen-bond acceptors (Lipinski definition) is 6. The van der Waals surface area contributed by atoms with Gasteiger partial charge in [0.05, 0.1) is 19.6 Å². The Kier molecular flexibility index (Phi) is 7.28. The Morgan fingerprint density at radius 2 is 1.91 bits per heavy atom. The van der Waals surface area contributed by atoms with E-state index in [1.165, 1.54) is 14.2 Å². The van der Waals surface area contributed by atoms with Gasteiger partial charge in [0.2, 0.25) is 0 Å². The van der Waals surface area contributed by atoms with Crippen LogP contribution in [0.3, 0.4) is 0 Å². The third-order valence-electron chi connectivity index (χ3n) is 2.96. The molecule has 0 aliphatic heterocycles. The van der Waals surface area contributed by atoms with E-state index >= 15 is 0 Å². The molecule has 1 atom stereocenters. The lowest BCUT2D eigenvalue weighted by molar-refractivity contribution is -0.136. The Bertz CT molecular complexity index is 627. The largest absolute Gasteiger partial charge is 0.466 e. The van der Waals surface area contributed by atoms with Gasteiger partial charge >= 0.3 is 11.9 Å². The van der Waals surface area contributed by atoms with Crippen molar-refractivity contribution < 1.29 is 23.9 Å². The molecular formula is C16H18ClNO5. The molecule has 7 heteroatoms. The number of oxime groups is 1. The fourth-order valence-corrected chi connectivity index (χ4v) is 2.21. The molecule has 0 saturated heterocycles. The van der Waals surface area contributed by atoms with Gasteiger partial charge in [-0.2, -0.15) is 0 Å². The summed E-state index contributed by atoms with van der Waals surface area (Å²) in [5, 5.41) is 4.06. The molecule has 23 heavy (non-hydrogen) atoms. The maximum Gasteiger partial charge on any atom is 0.357 e. The Morgan fingerprint density at radius 3 is 2.43 bits per heavy atom. The standard InChI is InChI=1S/C16H18ClNO5/c1-5-23-16(20)14(18-22-4)13(10(2)15(19)21-3)11-8-6-7-9-12(11)17/h6-9,13H,2,5H2,1,3-4H3/b18-14-. The van der Waals surface area contributed by atoms with Gasteiger partial charge in [0.1, 0.15) is 7.11 Å². The zero-order valence-electron chi connectivity index (χ0n) is 13.2. The van der Waals surface area contributed by atoms with Crippen molar-refractivity contribution in [2.45, 2.75) is 12.8 Å². The van der Waals surface area contributed by atoms with Crippen LogP contribution < -0.4 is 0 Å². The van der Waals surface area contributed by atoms with Crippen molar-refractivity contribution in [1.82, 2.24) is 0 Å². The van der Waals surface area contributed by atoms with Gasteiger partial charge in [0, 0.05) is 10.6 Å². The molecule has 1 unspecified atom stereocenters. The molecular weight excluding hydrogens is 322 g/mol. The Balaban J connectivity index is 3.46. The van der Waals surface area contributed by atoms with E-state index in [9.17, 15) is 9.59 Å². The summed E-state index contributed by atoms with van der Waals surface area (Å²) in [5.41, 5.74) is 0.315. The molecule has 0 spiro atoms. The zero-order chi connectivity index (χ0) is 17.4. The normalized spacial score (nSPS) is 12.3. The van der Waals surface area contributed by atoms with E-state index in [1.807, 2.05) is 0 Å². The number of carbonyl (C=O) groups is 2. The second-order valence-electron chi connectivity index (χ2n) is 4.35. The van der Waals surface area contributed by atoms with Crippen molar-refractivity contribution in [3.63, 3.8) is 0 Å². The van der Waals surface area contributed by atoms with Crippen LogP contribution in [-0.2, 0) is 23.9 Å². The summed E-state index contributed by atoms with van der Waals surface area (Å²) in [5.74, 6) is -2.37. The van der Waals surface area contributed by atoms with Crippen molar-refractivity contribution >= 4 is 29.3 Å². The number of ether oxygens (including phenoxy) is 2. The van der Waals surface area contributed by atoms with Crippen LogP contribution in [0, 0.1) is 0 Å². The molecule has 0 amide bonds. The average Bonchev–Trinajstić information content (AvgIpc) is 2.55. The number of carbonyl (C=O) groups excluding carboxylic acids is 2. The predicted octanol–water partition coefficient (Wildman–Crippen LogP) is 2.72. The van der Waals surface area contributed by atoms with E-state index in [0.717, 1.165) is 0 Å². The van der Waals surface area contributed by atoms with Crippen LogP contribution in [0.1, 0.15) is 18.4 Å². The molecule has 0 heterocycles. The first-order valence-electron chi connectivity index (χ1n) is 6.77. The number of nitrogens with zero attached hydrogens (tertiary/aromatic N) is 1. The third-order valence-corrected chi connectivity index (χ3v) is 3.30. The first-order valence-corrected chi connectivity index (χ1v) is 7.15. The first-order chi connectivity index (χ1) is 11.0. The number of rotatable bonds is 7. The summed E-state index contributed by atoms with van der Waals surface area (Å²) in [7, 11) is 2.50. The molecule has 0 aliphatic carbocycles. The number of benzene rings is 1. The van der Waals surface area contributed by atoms with Crippen LogP contribution in [0.4, 0.5) is 0 Å². The number of esters is 2. The summed E-state index contributed by atoms with van der Waals surface area (Å²) >= 11 is 6.20. The quantitative estimate of drug-likeness (QED) is 0.330. The number of halogens is 1. The molecule has 1 rings (SSSR count). The van der Waals surface area contributed by atoms with E-state index in [0.29, 0.717) is 10.6 Å². The molecule has 6 nitrogen and oxygen atoms in total. The summed E-state index contributed by atoms with van der Waals surface area (Å²) in [6.45, 7) is 5.51. The van der Waals surface area contributed by atoms with Crippen molar-refractivity contribution in [2.24, 2.45) is 5.16 Å². The fraction of sp³-hybridized carbons (Fsp3) is 0.312. The molecule has 0 bridgehead atoms. The molecule has 1 aromatic carbocycles. The highest BCUT2D eigenvalue weighted by Crippen LogP contribution is 2.32. The van der Waals surface area contributed by atoms with Gasteiger partial charge in [0.25, 0.3) is 0 Å². The van der Waals surface area contributed by atoms with E-state index in [2.05, 4.69) is 11.7 Å². The Morgan fingerprint density at radius 1 is 1.26 bits per heavy atom. The first kappa shape index (κ1) is 18.7. The predicted molar refractivity (Wildman–Crippen MR) is 86.4 cm³/mol. The maximum absolute atomic E-state index is 12.2. The van der Waals surface area contributed by atoms with Gasteiger partial charge in [-0.1, -0.05) is 41.5 Å². The highest BCUT2D eigenvalue weighted by atomic mass is 35.5. The number of hydrogen-bond donors (Lipinski definition) is 0. The van der Waals surface area contributed by atoms with Crippen LogP contribution in [0.5, 0.6) is 0 Å². The highest BCUT2D eigenvalue weighted by molar-refractivity contribution is 6.41. The van der Waals surface area contributed by atoms with Crippen molar-refractivity contribution in [3.8, 4) is 0 Å². The minimum atomic E-state index is -0.949. The van der Waals surface area contributed by atoms with Gasteiger partial charge in [0.15, 0.2) is 5.71 Å². The molecule has 0 saturated carbocycles. The Hall–Kier alpha value is -2.34. The summed E-state index contributed by atoms with van der Waals surface area (Å²) in [6.07, 6.45) is 0. The lowest BCUT2D eigenvalue weighted by Crippen LogP contribution is -2.29.